The molecule has 1 fully saturated rings. The monoisotopic (exact) mass is 343 g/mol. The largest absolute Gasteiger partial charge is 0.298 e. The van der Waals surface area contributed by atoms with Gasteiger partial charge in [-0.2, -0.15) is 0 Å². The average molecular weight is 344 g/mol. The van der Waals surface area contributed by atoms with Crippen LogP contribution in [0.5, 0.6) is 0 Å². The summed E-state index contributed by atoms with van der Waals surface area (Å²) in [5, 5.41) is 0.175. The molecule has 0 N–H and O–H groups in total. The van der Waals surface area contributed by atoms with Crippen LogP contribution >= 0.6 is 23.4 Å². The van der Waals surface area contributed by atoms with Crippen LogP contribution in [0, 0.1) is 0 Å². The quantitative estimate of drug-likeness (QED) is 0.724. The standard InChI is InChI=1S/C18H14ClNO2S/c1-2-12-6-8-13(9-7-12)10-16-17(21)20(18(22)23-16)15-5-3-4-14(19)11-15/h3-11H,2H2,1H3/b16-10-. The second-order valence-corrected chi connectivity index (χ2v) is 6.52. The van der Waals surface area contributed by atoms with E-state index in [2.05, 4.69) is 6.92 Å². The maximum absolute atomic E-state index is 12.5. The van der Waals surface area contributed by atoms with Gasteiger partial charge in [0.25, 0.3) is 11.1 Å². The van der Waals surface area contributed by atoms with E-state index in [1.54, 1.807) is 30.3 Å². The van der Waals surface area contributed by atoms with Gasteiger partial charge in [-0.25, -0.2) is 4.90 Å². The Morgan fingerprint density at radius 2 is 1.87 bits per heavy atom. The molecule has 0 unspecified atom stereocenters. The minimum Gasteiger partial charge on any atom is -0.268 e. The van der Waals surface area contributed by atoms with E-state index < -0.39 is 0 Å². The van der Waals surface area contributed by atoms with Crippen LogP contribution in [-0.4, -0.2) is 11.1 Å². The Bertz CT molecular complexity index is 799. The van der Waals surface area contributed by atoms with Crippen molar-refractivity contribution in [2.45, 2.75) is 13.3 Å². The molecule has 2 amide bonds. The van der Waals surface area contributed by atoms with Crippen molar-refractivity contribution in [3.63, 3.8) is 0 Å². The predicted octanol–water partition coefficient (Wildman–Crippen LogP) is 5.14. The van der Waals surface area contributed by atoms with E-state index in [1.807, 2.05) is 24.3 Å². The first-order valence-electron chi connectivity index (χ1n) is 7.21. The van der Waals surface area contributed by atoms with Gasteiger partial charge >= 0.3 is 0 Å². The van der Waals surface area contributed by atoms with E-state index in [0.29, 0.717) is 15.6 Å². The van der Waals surface area contributed by atoms with Gasteiger partial charge in [0, 0.05) is 5.02 Å². The van der Waals surface area contributed by atoms with E-state index >= 15 is 0 Å². The SMILES string of the molecule is CCc1ccc(/C=C2\SC(=O)N(c3cccc(Cl)c3)C2=O)cc1. The van der Waals surface area contributed by atoms with Gasteiger partial charge in [-0.15, -0.1) is 0 Å². The Morgan fingerprint density at radius 3 is 2.52 bits per heavy atom. The first kappa shape index (κ1) is 15.8. The molecule has 1 aliphatic heterocycles. The van der Waals surface area contributed by atoms with E-state index in [4.69, 9.17) is 11.6 Å². The van der Waals surface area contributed by atoms with Crippen LogP contribution in [0.4, 0.5) is 10.5 Å². The van der Waals surface area contributed by atoms with Gasteiger partial charge < -0.3 is 0 Å². The van der Waals surface area contributed by atoms with Gasteiger partial charge in [-0.1, -0.05) is 48.9 Å². The van der Waals surface area contributed by atoms with E-state index in [-0.39, 0.29) is 11.1 Å². The number of benzene rings is 2. The fraction of sp³-hybridized carbons (Fsp3) is 0.111. The Hall–Kier alpha value is -2.04. The number of hydrogen-bond donors (Lipinski definition) is 0. The number of amides is 2. The lowest BCUT2D eigenvalue weighted by atomic mass is 10.1. The highest BCUT2D eigenvalue weighted by Gasteiger charge is 2.36. The van der Waals surface area contributed by atoms with Crippen molar-refractivity contribution < 1.29 is 9.59 Å². The number of imide groups is 1. The lowest BCUT2D eigenvalue weighted by Gasteiger charge is -2.12. The van der Waals surface area contributed by atoms with Crippen LogP contribution in [0.2, 0.25) is 5.02 Å². The summed E-state index contributed by atoms with van der Waals surface area (Å²) in [7, 11) is 0. The van der Waals surface area contributed by atoms with Gasteiger partial charge in [0.15, 0.2) is 0 Å². The third kappa shape index (κ3) is 3.33. The molecule has 1 saturated heterocycles. The first-order valence-corrected chi connectivity index (χ1v) is 8.40. The van der Waals surface area contributed by atoms with E-state index in [1.165, 1.54) is 5.56 Å². The Balaban J connectivity index is 1.89. The van der Waals surface area contributed by atoms with Crippen LogP contribution in [0.15, 0.2) is 53.4 Å². The second kappa shape index (κ2) is 6.60. The fourth-order valence-corrected chi connectivity index (χ4v) is 3.33. The van der Waals surface area contributed by atoms with Crippen molar-refractivity contribution in [2.75, 3.05) is 4.90 Å². The highest BCUT2D eigenvalue weighted by atomic mass is 35.5. The molecular formula is C18H14ClNO2S. The summed E-state index contributed by atoms with van der Waals surface area (Å²) in [5.41, 5.74) is 2.62. The normalized spacial score (nSPS) is 16.4. The summed E-state index contributed by atoms with van der Waals surface area (Å²) in [4.78, 5) is 26.3. The number of thioether (sulfide) groups is 1. The van der Waals surface area contributed by atoms with Crippen LogP contribution in [-0.2, 0) is 11.2 Å². The molecule has 5 heteroatoms. The zero-order valence-electron chi connectivity index (χ0n) is 12.5. The van der Waals surface area contributed by atoms with Crippen molar-refractivity contribution in [1.82, 2.24) is 0 Å². The lowest BCUT2D eigenvalue weighted by Crippen LogP contribution is -2.27. The molecule has 0 aliphatic carbocycles. The second-order valence-electron chi connectivity index (χ2n) is 5.09. The van der Waals surface area contributed by atoms with Crippen molar-refractivity contribution in [2.24, 2.45) is 0 Å². The molecule has 3 rings (SSSR count). The van der Waals surface area contributed by atoms with Gasteiger partial charge in [-0.05, 0) is 53.6 Å². The number of halogens is 1. The minimum absolute atomic E-state index is 0.311. The van der Waals surface area contributed by atoms with Crippen molar-refractivity contribution in [3.8, 4) is 0 Å². The highest BCUT2D eigenvalue weighted by Crippen LogP contribution is 2.36. The smallest absolute Gasteiger partial charge is 0.268 e. The Morgan fingerprint density at radius 1 is 1.13 bits per heavy atom. The average Bonchev–Trinajstić information content (AvgIpc) is 2.82. The summed E-state index contributed by atoms with van der Waals surface area (Å²) >= 11 is 6.89. The molecule has 0 aromatic heterocycles. The molecule has 0 bridgehead atoms. The topological polar surface area (TPSA) is 37.4 Å². The zero-order chi connectivity index (χ0) is 16.4. The molecule has 23 heavy (non-hydrogen) atoms. The number of carbonyl (C=O) groups excluding carboxylic acids is 2. The van der Waals surface area contributed by atoms with E-state index in [0.717, 1.165) is 28.6 Å². The van der Waals surface area contributed by atoms with Crippen LogP contribution in [0.25, 0.3) is 6.08 Å². The summed E-state index contributed by atoms with van der Waals surface area (Å²) < 4.78 is 0. The zero-order valence-corrected chi connectivity index (χ0v) is 14.0. The Kier molecular flexibility index (Phi) is 4.55. The third-order valence-electron chi connectivity index (χ3n) is 3.55. The highest BCUT2D eigenvalue weighted by molar-refractivity contribution is 8.19. The molecule has 0 radical (unpaired) electrons. The number of rotatable bonds is 3. The van der Waals surface area contributed by atoms with Gasteiger partial charge in [0.05, 0.1) is 10.6 Å². The first-order chi connectivity index (χ1) is 11.1. The maximum Gasteiger partial charge on any atom is 0.298 e. The van der Waals surface area contributed by atoms with Gasteiger partial charge in [0.2, 0.25) is 0 Å². The number of anilines is 1. The molecule has 0 atom stereocenters. The molecule has 1 aliphatic rings. The molecule has 2 aromatic carbocycles. The summed E-state index contributed by atoms with van der Waals surface area (Å²) in [6.07, 6.45) is 2.71. The van der Waals surface area contributed by atoms with Crippen LogP contribution in [0.1, 0.15) is 18.1 Å². The number of nitrogens with zero attached hydrogens (tertiary/aromatic N) is 1. The molecule has 0 spiro atoms. The number of carbonyl (C=O) groups is 2. The molecule has 1 heterocycles. The molecule has 3 nitrogen and oxygen atoms in total. The predicted molar refractivity (Wildman–Crippen MR) is 95.7 cm³/mol. The maximum atomic E-state index is 12.5. The minimum atomic E-state index is -0.318. The summed E-state index contributed by atoms with van der Waals surface area (Å²) in [6, 6.07) is 14.7. The third-order valence-corrected chi connectivity index (χ3v) is 4.65. The number of hydrogen-bond acceptors (Lipinski definition) is 3. The van der Waals surface area contributed by atoms with Crippen LogP contribution < -0.4 is 4.90 Å². The van der Waals surface area contributed by atoms with Crippen LogP contribution in [0.3, 0.4) is 0 Å². The van der Waals surface area contributed by atoms with Crippen molar-refractivity contribution in [3.05, 3.63) is 69.6 Å². The lowest BCUT2D eigenvalue weighted by molar-refractivity contribution is -0.113. The summed E-state index contributed by atoms with van der Waals surface area (Å²) in [6.45, 7) is 2.09. The fourth-order valence-electron chi connectivity index (χ4n) is 2.31. The van der Waals surface area contributed by atoms with Gasteiger partial charge in [0.1, 0.15) is 0 Å². The molecule has 0 saturated carbocycles. The van der Waals surface area contributed by atoms with Crippen molar-refractivity contribution in [1.29, 1.82) is 0 Å². The van der Waals surface area contributed by atoms with E-state index in [9.17, 15) is 9.59 Å². The molecular weight excluding hydrogens is 330 g/mol. The molecule has 116 valence electrons. The summed E-state index contributed by atoms with van der Waals surface area (Å²) in [5.74, 6) is -0.318. The molecule has 2 aromatic rings. The Labute approximate surface area is 143 Å². The van der Waals surface area contributed by atoms with Crippen molar-refractivity contribution >= 4 is 46.3 Å². The number of aryl methyl sites for hydroxylation is 1. The van der Waals surface area contributed by atoms with Gasteiger partial charge in [-0.3, -0.25) is 9.59 Å².